The number of hydrogen-bond donors (Lipinski definition) is 1. The minimum Gasteiger partial charge on any atom is -0.357 e. The zero-order chi connectivity index (χ0) is 10.8. The van der Waals surface area contributed by atoms with Crippen LogP contribution in [0.5, 0.6) is 0 Å². The topological polar surface area (TPSA) is 31.9 Å². The van der Waals surface area contributed by atoms with Gasteiger partial charge in [0.25, 0.3) is 0 Å². The number of H-pyrrole nitrogens is 1. The van der Waals surface area contributed by atoms with E-state index in [4.69, 9.17) is 0 Å². The van der Waals surface area contributed by atoms with Crippen molar-refractivity contribution in [3.63, 3.8) is 0 Å². The lowest BCUT2D eigenvalue weighted by Crippen LogP contribution is -2.25. The van der Waals surface area contributed by atoms with Gasteiger partial charge in [-0.05, 0) is 19.3 Å². The third-order valence-corrected chi connectivity index (χ3v) is 2.51. The maximum absolute atomic E-state index is 4.14. The van der Waals surface area contributed by atoms with Crippen LogP contribution in [-0.4, -0.2) is 23.3 Å². The molecule has 0 aliphatic rings. The lowest BCUT2D eigenvalue weighted by atomic mass is 9.88. The Morgan fingerprint density at radius 1 is 1.29 bits per heavy atom. The normalized spacial score (nSPS) is 11.8. The Morgan fingerprint density at radius 2 is 1.86 bits per heavy atom. The molecule has 0 aliphatic carbocycles. The minimum absolute atomic E-state index is 0.158. The van der Waals surface area contributed by atoms with Crippen molar-refractivity contribution in [3.8, 4) is 0 Å². The Balaban J connectivity index is 3.03. The molecule has 3 heteroatoms. The molecule has 1 aromatic rings. The van der Waals surface area contributed by atoms with Gasteiger partial charge in [0.2, 0.25) is 0 Å². The first-order chi connectivity index (χ1) is 6.50. The van der Waals surface area contributed by atoms with E-state index < -0.39 is 0 Å². The standard InChI is InChI=1S/C11H21N3/c1-6-14(7-2)10-9(8-12-13-10)11(3,4)5/h8H,6-7H2,1-5H3,(H,12,13). The zero-order valence-electron chi connectivity index (χ0n) is 9.89. The van der Waals surface area contributed by atoms with E-state index in [-0.39, 0.29) is 5.41 Å². The Labute approximate surface area is 86.5 Å². The summed E-state index contributed by atoms with van der Waals surface area (Å²) in [5, 5.41) is 7.23. The van der Waals surface area contributed by atoms with E-state index in [0.717, 1.165) is 13.1 Å². The van der Waals surface area contributed by atoms with Gasteiger partial charge in [0.1, 0.15) is 5.82 Å². The molecule has 0 aliphatic heterocycles. The number of nitrogens with one attached hydrogen (secondary N) is 1. The molecule has 0 spiro atoms. The van der Waals surface area contributed by atoms with Crippen LogP contribution in [-0.2, 0) is 5.41 Å². The van der Waals surface area contributed by atoms with Crippen molar-refractivity contribution in [3.05, 3.63) is 11.8 Å². The summed E-state index contributed by atoms with van der Waals surface area (Å²) in [7, 11) is 0. The fraction of sp³-hybridized carbons (Fsp3) is 0.727. The van der Waals surface area contributed by atoms with Gasteiger partial charge in [-0.25, -0.2) is 0 Å². The third kappa shape index (κ3) is 2.08. The smallest absolute Gasteiger partial charge is 0.127 e. The Bertz CT molecular complexity index is 279. The maximum atomic E-state index is 4.14. The van der Waals surface area contributed by atoms with Gasteiger partial charge in [-0.15, -0.1) is 0 Å². The highest BCUT2D eigenvalue weighted by Crippen LogP contribution is 2.29. The largest absolute Gasteiger partial charge is 0.357 e. The van der Waals surface area contributed by atoms with E-state index in [2.05, 4.69) is 49.7 Å². The van der Waals surface area contributed by atoms with E-state index in [9.17, 15) is 0 Å². The van der Waals surface area contributed by atoms with Crippen LogP contribution >= 0.6 is 0 Å². The summed E-state index contributed by atoms with van der Waals surface area (Å²) in [6.45, 7) is 13.0. The number of anilines is 1. The SMILES string of the molecule is CCN(CC)c1[nH]ncc1C(C)(C)C. The third-order valence-electron chi connectivity index (χ3n) is 2.51. The average Bonchev–Trinajstić information content (AvgIpc) is 2.54. The summed E-state index contributed by atoms with van der Waals surface area (Å²) >= 11 is 0. The Kier molecular flexibility index (Phi) is 3.19. The van der Waals surface area contributed by atoms with Crippen LogP contribution in [0.4, 0.5) is 5.82 Å². The second-order valence-electron chi connectivity index (χ2n) is 4.55. The molecule has 0 fully saturated rings. The molecule has 0 bridgehead atoms. The van der Waals surface area contributed by atoms with Gasteiger partial charge in [0, 0.05) is 18.7 Å². The van der Waals surface area contributed by atoms with Crippen LogP contribution in [0, 0.1) is 0 Å². The fourth-order valence-corrected chi connectivity index (χ4v) is 1.61. The van der Waals surface area contributed by atoms with Crippen molar-refractivity contribution in [2.75, 3.05) is 18.0 Å². The van der Waals surface area contributed by atoms with Gasteiger partial charge in [-0.3, -0.25) is 5.10 Å². The van der Waals surface area contributed by atoms with Gasteiger partial charge < -0.3 is 4.90 Å². The van der Waals surface area contributed by atoms with E-state index in [1.165, 1.54) is 11.4 Å². The molecule has 0 atom stereocenters. The molecular weight excluding hydrogens is 174 g/mol. The van der Waals surface area contributed by atoms with Gasteiger partial charge in [0.15, 0.2) is 0 Å². The molecule has 14 heavy (non-hydrogen) atoms. The molecule has 0 unspecified atom stereocenters. The van der Waals surface area contributed by atoms with Crippen LogP contribution < -0.4 is 4.90 Å². The van der Waals surface area contributed by atoms with E-state index in [1.807, 2.05) is 6.20 Å². The molecular formula is C11H21N3. The van der Waals surface area contributed by atoms with E-state index in [1.54, 1.807) is 0 Å². The fourth-order valence-electron chi connectivity index (χ4n) is 1.61. The highest BCUT2D eigenvalue weighted by molar-refractivity contribution is 5.48. The molecule has 80 valence electrons. The van der Waals surface area contributed by atoms with E-state index in [0.29, 0.717) is 0 Å². The molecule has 0 saturated carbocycles. The number of hydrogen-bond acceptors (Lipinski definition) is 2. The minimum atomic E-state index is 0.158. The summed E-state index contributed by atoms with van der Waals surface area (Å²) in [6, 6.07) is 0. The molecule has 1 aromatic heterocycles. The summed E-state index contributed by atoms with van der Waals surface area (Å²) in [5.41, 5.74) is 1.45. The highest BCUT2D eigenvalue weighted by atomic mass is 15.3. The maximum Gasteiger partial charge on any atom is 0.127 e. The number of aromatic amines is 1. The molecule has 1 heterocycles. The molecule has 3 nitrogen and oxygen atoms in total. The van der Waals surface area contributed by atoms with Crippen LogP contribution in [0.25, 0.3) is 0 Å². The Hall–Kier alpha value is -0.990. The molecule has 1 N–H and O–H groups in total. The molecule has 1 rings (SSSR count). The van der Waals surface area contributed by atoms with Gasteiger partial charge in [0.05, 0.1) is 6.20 Å². The average molecular weight is 195 g/mol. The van der Waals surface area contributed by atoms with Crippen molar-refractivity contribution in [2.45, 2.75) is 40.0 Å². The number of aromatic nitrogens is 2. The summed E-state index contributed by atoms with van der Waals surface area (Å²) in [4.78, 5) is 2.30. The van der Waals surface area contributed by atoms with Crippen LogP contribution in [0.1, 0.15) is 40.2 Å². The molecule has 0 saturated heterocycles. The van der Waals surface area contributed by atoms with Crippen molar-refractivity contribution in [2.24, 2.45) is 0 Å². The van der Waals surface area contributed by atoms with E-state index >= 15 is 0 Å². The summed E-state index contributed by atoms with van der Waals surface area (Å²) in [5.74, 6) is 1.17. The lowest BCUT2D eigenvalue weighted by Gasteiger charge is -2.25. The molecule has 0 aromatic carbocycles. The number of rotatable bonds is 3. The predicted molar refractivity (Wildman–Crippen MR) is 60.8 cm³/mol. The zero-order valence-corrected chi connectivity index (χ0v) is 9.89. The second-order valence-corrected chi connectivity index (χ2v) is 4.55. The van der Waals surface area contributed by atoms with Gasteiger partial charge in [-0.2, -0.15) is 5.10 Å². The quantitative estimate of drug-likeness (QED) is 0.803. The first kappa shape index (κ1) is 11.1. The van der Waals surface area contributed by atoms with Crippen molar-refractivity contribution in [1.29, 1.82) is 0 Å². The second kappa shape index (κ2) is 4.03. The van der Waals surface area contributed by atoms with Crippen LogP contribution in [0.15, 0.2) is 6.20 Å². The number of nitrogens with zero attached hydrogens (tertiary/aromatic N) is 2. The first-order valence-corrected chi connectivity index (χ1v) is 5.29. The monoisotopic (exact) mass is 195 g/mol. The van der Waals surface area contributed by atoms with Crippen LogP contribution in [0.3, 0.4) is 0 Å². The summed E-state index contributed by atoms with van der Waals surface area (Å²) < 4.78 is 0. The Morgan fingerprint density at radius 3 is 2.29 bits per heavy atom. The first-order valence-electron chi connectivity index (χ1n) is 5.29. The van der Waals surface area contributed by atoms with Crippen LogP contribution in [0.2, 0.25) is 0 Å². The van der Waals surface area contributed by atoms with Gasteiger partial charge >= 0.3 is 0 Å². The van der Waals surface area contributed by atoms with Gasteiger partial charge in [-0.1, -0.05) is 20.8 Å². The van der Waals surface area contributed by atoms with Crippen molar-refractivity contribution < 1.29 is 0 Å². The summed E-state index contributed by atoms with van der Waals surface area (Å²) in [6.07, 6.45) is 1.94. The van der Waals surface area contributed by atoms with Crippen molar-refractivity contribution >= 4 is 5.82 Å². The lowest BCUT2D eigenvalue weighted by molar-refractivity contribution is 0.588. The highest BCUT2D eigenvalue weighted by Gasteiger charge is 2.21. The molecule has 0 amide bonds. The predicted octanol–water partition coefficient (Wildman–Crippen LogP) is 2.55. The van der Waals surface area contributed by atoms with Crippen molar-refractivity contribution in [1.82, 2.24) is 10.2 Å². The molecule has 0 radical (unpaired) electrons.